The minimum absolute atomic E-state index is 0.0265. The molecule has 106 valence electrons. The molecule has 1 fully saturated rings. The molecule has 5 nitrogen and oxygen atoms in total. The molecular weight excluding hydrogens is 322 g/mol. The van der Waals surface area contributed by atoms with Crippen molar-refractivity contribution in [3.05, 3.63) is 16.7 Å². The third-order valence-electron chi connectivity index (χ3n) is 3.76. The van der Waals surface area contributed by atoms with Crippen molar-refractivity contribution in [3.8, 4) is 0 Å². The third kappa shape index (κ3) is 2.22. The Balaban J connectivity index is 2.07. The molecular formula is C14H16BrN3O2. The van der Waals surface area contributed by atoms with Crippen molar-refractivity contribution in [2.75, 3.05) is 16.3 Å². The summed E-state index contributed by atoms with van der Waals surface area (Å²) in [5.74, 6) is 0.831. The van der Waals surface area contributed by atoms with Crippen molar-refractivity contribution in [2.45, 2.75) is 32.7 Å². The van der Waals surface area contributed by atoms with Gasteiger partial charge in [-0.25, -0.2) is 4.98 Å². The van der Waals surface area contributed by atoms with Crippen LogP contribution in [0, 0.1) is 5.92 Å². The zero-order valence-corrected chi connectivity index (χ0v) is 13.1. The Bertz CT molecular complexity index is 586. The molecule has 0 unspecified atom stereocenters. The van der Waals surface area contributed by atoms with Gasteiger partial charge in [0.15, 0.2) is 5.82 Å². The number of fused-ring (bicyclic) bond motifs is 1. The van der Waals surface area contributed by atoms with Crippen LogP contribution in [0.15, 0.2) is 16.7 Å². The van der Waals surface area contributed by atoms with Gasteiger partial charge in [0, 0.05) is 19.4 Å². The summed E-state index contributed by atoms with van der Waals surface area (Å²) < 4.78 is 0.669. The Morgan fingerprint density at radius 1 is 1.35 bits per heavy atom. The number of hydrogen-bond donors (Lipinski definition) is 0. The maximum absolute atomic E-state index is 12.4. The number of carbonyl (C=O) groups excluding carboxylic acids is 2. The van der Waals surface area contributed by atoms with Gasteiger partial charge in [0.05, 0.1) is 11.7 Å². The molecule has 0 aromatic carbocycles. The Hall–Kier alpha value is -1.43. The van der Waals surface area contributed by atoms with Crippen LogP contribution >= 0.6 is 15.9 Å². The lowest BCUT2D eigenvalue weighted by Gasteiger charge is -2.39. The van der Waals surface area contributed by atoms with E-state index in [-0.39, 0.29) is 23.8 Å². The molecule has 3 rings (SSSR count). The van der Waals surface area contributed by atoms with Crippen LogP contribution in [0.3, 0.4) is 0 Å². The number of rotatable bonds is 1. The summed E-state index contributed by atoms with van der Waals surface area (Å²) in [7, 11) is 0. The zero-order chi connectivity index (χ0) is 14.4. The lowest BCUT2D eigenvalue weighted by atomic mass is 10.1. The van der Waals surface area contributed by atoms with Crippen LogP contribution < -0.4 is 9.80 Å². The van der Waals surface area contributed by atoms with Crippen LogP contribution in [-0.4, -0.2) is 29.4 Å². The van der Waals surface area contributed by atoms with Crippen LogP contribution in [0.2, 0.25) is 0 Å². The average Bonchev–Trinajstić information content (AvgIpc) is 3.21. The Morgan fingerprint density at radius 2 is 2.05 bits per heavy atom. The van der Waals surface area contributed by atoms with Gasteiger partial charge in [-0.3, -0.25) is 14.5 Å². The van der Waals surface area contributed by atoms with E-state index in [1.54, 1.807) is 22.8 Å². The van der Waals surface area contributed by atoms with E-state index in [2.05, 4.69) is 20.9 Å². The lowest BCUT2D eigenvalue weighted by Crippen LogP contribution is -2.52. The van der Waals surface area contributed by atoms with E-state index in [1.165, 1.54) is 0 Å². The first-order chi connectivity index (χ1) is 9.49. The fraction of sp³-hybridized carbons (Fsp3) is 0.500. The zero-order valence-electron chi connectivity index (χ0n) is 11.5. The topological polar surface area (TPSA) is 53.5 Å². The van der Waals surface area contributed by atoms with Gasteiger partial charge in [0.2, 0.25) is 11.8 Å². The third-order valence-corrected chi connectivity index (χ3v) is 4.20. The van der Waals surface area contributed by atoms with Crippen LogP contribution in [0.5, 0.6) is 0 Å². The van der Waals surface area contributed by atoms with E-state index in [4.69, 9.17) is 0 Å². The fourth-order valence-electron chi connectivity index (χ4n) is 2.70. The Morgan fingerprint density at radius 3 is 2.65 bits per heavy atom. The first kappa shape index (κ1) is 13.5. The second-order valence-corrected chi connectivity index (χ2v) is 6.25. The Kier molecular flexibility index (Phi) is 3.28. The van der Waals surface area contributed by atoms with Crippen LogP contribution in [0.1, 0.15) is 26.7 Å². The van der Waals surface area contributed by atoms with Crippen molar-refractivity contribution in [1.29, 1.82) is 0 Å². The van der Waals surface area contributed by atoms with Crippen LogP contribution in [-0.2, 0) is 9.59 Å². The summed E-state index contributed by atoms with van der Waals surface area (Å²) in [5, 5.41) is 0. The summed E-state index contributed by atoms with van der Waals surface area (Å²) in [4.78, 5) is 32.2. The molecule has 2 aliphatic rings. The smallest absolute Gasteiger partial charge is 0.231 e. The van der Waals surface area contributed by atoms with E-state index in [0.717, 1.165) is 12.8 Å². The summed E-state index contributed by atoms with van der Waals surface area (Å²) in [6.07, 6.45) is 1.92. The van der Waals surface area contributed by atoms with Gasteiger partial charge in [-0.15, -0.1) is 0 Å². The maximum atomic E-state index is 12.4. The normalized spacial score (nSPS) is 21.6. The van der Waals surface area contributed by atoms with Crippen molar-refractivity contribution in [1.82, 2.24) is 4.98 Å². The highest BCUT2D eigenvalue weighted by Gasteiger charge is 2.40. The number of halogens is 1. The van der Waals surface area contributed by atoms with Crippen molar-refractivity contribution < 1.29 is 9.59 Å². The minimum Gasteiger partial charge on any atom is -0.305 e. The highest BCUT2D eigenvalue weighted by molar-refractivity contribution is 9.10. The van der Waals surface area contributed by atoms with Gasteiger partial charge in [-0.2, -0.15) is 0 Å². The molecule has 1 aliphatic heterocycles. The second kappa shape index (κ2) is 4.84. The van der Waals surface area contributed by atoms with E-state index in [0.29, 0.717) is 22.7 Å². The molecule has 1 atom stereocenters. The number of nitrogens with zero attached hydrogens (tertiary/aromatic N) is 3. The number of anilines is 2. The summed E-state index contributed by atoms with van der Waals surface area (Å²) in [5.41, 5.74) is 0.716. The minimum atomic E-state index is -0.0364. The van der Waals surface area contributed by atoms with Gasteiger partial charge < -0.3 is 4.90 Å². The second-order valence-electron chi connectivity index (χ2n) is 5.44. The molecule has 1 aliphatic carbocycles. The van der Waals surface area contributed by atoms with Crippen LogP contribution in [0.4, 0.5) is 11.5 Å². The number of pyridine rings is 1. The molecule has 1 aromatic rings. The molecule has 20 heavy (non-hydrogen) atoms. The SMILES string of the molecule is CC(=O)N1c2ccc(Br)nc2N(C(=O)C2CC2)C[C@@H]1C. The van der Waals surface area contributed by atoms with E-state index < -0.39 is 0 Å². The molecule has 0 N–H and O–H groups in total. The highest BCUT2D eigenvalue weighted by Crippen LogP contribution is 2.39. The van der Waals surface area contributed by atoms with Gasteiger partial charge in [0.1, 0.15) is 4.60 Å². The fourth-order valence-corrected chi connectivity index (χ4v) is 3.00. The number of carbonyl (C=O) groups is 2. The van der Waals surface area contributed by atoms with Gasteiger partial charge >= 0.3 is 0 Å². The predicted octanol–water partition coefficient (Wildman–Crippen LogP) is 2.34. The van der Waals surface area contributed by atoms with E-state index >= 15 is 0 Å². The molecule has 0 saturated heterocycles. The monoisotopic (exact) mass is 337 g/mol. The van der Waals surface area contributed by atoms with E-state index in [1.807, 2.05) is 13.0 Å². The number of aromatic nitrogens is 1. The summed E-state index contributed by atoms with van der Waals surface area (Å²) >= 11 is 3.34. The van der Waals surface area contributed by atoms with Crippen molar-refractivity contribution >= 4 is 39.2 Å². The van der Waals surface area contributed by atoms with Gasteiger partial charge in [-0.05, 0) is 47.8 Å². The van der Waals surface area contributed by atoms with Crippen molar-refractivity contribution in [2.24, 2.45) is 5.92 Å². The average molecular weight is 338 g/mol. The molecule has 0 radical (unpaired) electrons. The van der Waals surface area contributed by atoms with Crippen molar-refractivity contribution in [3.63, 3.8) is 0 Å². The molecule has 2 amide bonds. The standard InChI is InChI=1S/C14H16BrN3O2/c1-8-7-17(14(20)10-3-4-10)13-11(18(8)9(2)19)5-6-12(15)16-13/h5-6,8,10H,3-4,7H2,1-2H3/t8-/m0/s1. The number of hydrogen-bond acceptors (Lipinski definition) is 3. The number of amides is 2. The first-order valence-electron chi connectivity index (χ1n) is 6.76. The molecule has 1 saturated carbocycles. The van der Waals surface area contributed by atoms with Gasteiger partial charge in [-0.1, -0.05) is 0 Å². The largest absolute Gasteiger partial charge is 0.305 e. The molecule has 0 bridgehead atoms. The highest BCUT2D eigenvalue weighted by atomic mass is 79.9. The summed E-state index contributed by atoms with van der Waals surface area (Å²) in [6.45, 7) is 4.01. The van der Waals surface area contributed by atoms with E-state index in [9.17, 15) is 9.59 Å². The maximum Gasteiger partial charge on any atom is 0.231 e. The molecule has 0 spiro atoms. The molecule has 6 heteroatoms. The molecule has 1 aromatic heterocycles. The predicted molar refractivity (Wildman–Crippen MR) is 79.6 cm³/mol. The Labute approximate surface area is 126 Å². The van der Waals surface area contributed by atoms with Crippen LogP contribution in [0.25, 0.3) is 0 Å². The molecule has 2 heterocycles. The summed E-state index contributed by atoms with van der Waals surface area (Å²) in [6, 6.07) is 3.61. The lowest BCUT2D eigenvalue weighted by molar-refractivity contribution is -0.120. The van der Waals surface area contributed by atoms with Gasteiger partial charge in [0.25, 0.3) is 0 Å². The first-order valence-corrected chi connectivity index (χ1v) is 7.56. The quantitative estimate of drug-likeness (QED) is 0.739.